The topological polar surface area (TPSA) is 64.1 Å². The van der Waals surface area contributed by atoms with Crippen LogP contribution >= 0.6 is 11.8 Å². The van der Waals surface area contributed by atoms with Gasteiger partial charge in [-0.2, -0.15) is 0 Å². The first-order valence-electron chi connectivity index (χ1n) is 8.30. The second kappa shape index (κ2) is 8.80. The largest absolute Gasteiger partial charge is 0.460 e. The molecule has 3 rings (SSSR count). The van der Waals surface area contributed by atoms with Gasteiger partial charge in [-0.3, -0.25) is 4.79 Å². The Hall–Kier alpha value is -2.15. The van der Waals surface area contributed by atoms with Crippen LogP contribution in [0, 0.1) is 5.82 Å². The van der Waals surface area contributed by atoms with Crippen molar-refractivity contribution in [1.29, 1.82) is 0 Å². The maximum Gasteiger partial charge on any atom is 0.316 e. The third-order valence-corrected chi connectivity index (χ3v) is 5.05. The van der Waals surface area contributed by atoms with E-state index in [9.17, 15) is 9.18 Å². The van der Waals surface area contributed by atoms with E-state index in [1.54, 1.807) is 30.6 Å². The molecule has 1 heterocycles. The highest BCUT2D eigenvalue weighted by Crippen LogP contribution is 2.23. The van der Waals surface area contributed by atoms with Crippen molar-refractivity contribution in [2.45, 2.75) is 42.7 Å². The molecule has 5 nitrogen and oxygen atoms in total. The zero-order chi connectivity index (χ0) is 17.5. The summed E-state index contributed by atoms with van der Waals surface area (Å²) in [7, 11) is 0. The Bertz CT molecular complexity index is 676. The predicted molar refractivity (Wildman–Crippen MR) is 94.0 cm³/mol. The standard InChI is InChI=1S/C18H20FN3O2S/c19-13-2-8-16(9-3-13)25-12-17(23)22-14-4-6-15(7-5-14)24-18-20-10-1-11-21-18/h1-3,8-11,14-15H,4-7,12H2,(H,22,23). The zero-order valence-electron chi connectivity index (χ0n) is 13.7. The third kappa shape index (κ3) is 5.70. The van der Waals surface area contributed by atoms with Crippen molar-refractivity contribution in [2.24, 2.45) is 0 Å². The van der Waals surface area contributed by atoms with Crippen LogP contribution in [0.3, 0.4) is 0 Å². The molecule has 1 fully saturated rings. The maximum absolute atomic E-state index is 12.9. The summed E-state index contributed by atoms with van der Waals surface area (Å²) >= 11 is 1.41. The Morgan fingerprint density at radius 2 is 1.84 bits per heavy atom. The molecule has 0 aliphatic heterocycles. The van der Waals surface area contributed by atoms with Crippen molar-refractivity contribution >= 4 is 17.7 Å². The Labute approximate surface area is 150 Å². The van der Waals surface area contributed by atoms with Gasteiger partial charge in [0.05, 0.1) is 5.75 Å². The van der Waals surface area contributed by atoms with Crippen molar-refractivity contribution < 1.29 is 13.9 Å². The first-order valence-corrected chi connectivity index (χ1v) is 9.29. The fraction of sp³-hybridized carbons (Fsp3) is 0.389. The van der Waals surface area contributed by atoms with Crippen molar-refractivity contribution in [2.75, 3.05) is 5.75 Å². The number of nitrogens with one attached hydrogen (secondary N) is 1. The number of carbonyl (C=O) groups is 1. The van der Waals surface area contributed by atoms with Gasteiger partial charge in [0, 0.05) is 23.3 Å². The van der Waals surface area contributed by atoms with E-state index in [1.807, 2.05) is 0 Å². The van der Waals surface area contributed by atoms with Gasteiger partial charge in [-0.15, -0.1) is 11.8 Å². The summed E-state index contributed by atoms with van der Waals surface area (Å²) in [6.45, 7) is 0. The molecule has 1 N–H and O–H groups in total. The number of benzene rings is 1. The number of carbonyl (C=O) groups excluding carboxylic acids is 1. The average molecular weight is 361 g/mol. The highest BCUT2D eigenvalue weighted by Gasteiger charge is 2.24. The molecule has 132 valence electrons. The molecule has 7 heteroatoms. The number of ether oxygens (including phenoxy) is 1. The quantitative estimate of drug-likeness (QED) is 0.801. The number of aromatic nitrogens is 2. The second-order valence-corrected chi connectivity index (χ2v) is 6.98. The minimum Gasteiger partial charge on any atom is -0.460 e. The molecular formula is C18H20FN3O2S. The number of nitrogens with zero attached hydrogens (tertiary/aromatic N) is 2. The van der Waals surface area contributed by atoms with Gasteiger partial charge < -0.3 is 10.1 Å². The van der Waals surface area contributed by atoms with Gasteiger partial charge in [0.2, 0.25) is 5.91 Å². The molecule has 1 aliphatic rings. The summed E-state index contributed by atoms with van der Waals surface area (Å²) in [6, 6.07) is 8.51. The summed E-state index contributed by atoms with van der Waals surface area (Å²) < 4.78 is 18.6. The van der Waals surface area contributed by atoms with Crippen LogP contribution in [0.5, 0.6) is 6.01 Å². The molecule has 1 aromatic heterocycles. The third-order valence-electron chi connectivity index (χ3n) is 4.04. The molecule has 1 aromatic carbocycles. The molecule has 1 amide bonds. The number of hydrogen-bond acceptors (Lipinski definition) is 5. The van der Waals surface area contributed by atoms with Crippen LogP contribution in [0.25, 0.3) is 0 Å². The fourth-order valence-electron chi connectivity index (χ4n) is 2.77. The molecule has 1 saturated carbocycles. The van der Waals surface area contributed by atoms with E-state index in [0.717, 1.165) is 30.6 Å². The normalized spacial score (nSPS) is 20.0. The van der Waals surface area contributed by atoms with Gasteiger partial charge in [0.25, 0.3) is 0 Å². The van der Waals surface area contributed by atoms with Gasteiger partial charge in [0.1, 0.15) is 11.9 Å². The van der Waals surface area contributed by atoms with Gasteiger partial charge in [0.15, 0.2) is 0 Å². The molecule has 0 bridgehead atoms. The molecule has 0 saturated heterocycles. The number of hydrogen-bond donors (Lipinski definition) is 1. The number of rotatable bonds is 6. The Balaban J connectivity index is 1.36. The van der Waals surface area contributed by atoms with Crippen LogP contribution in [0.15, 0.2) is 47.6 Å². The van der Waals surface area contributed by atoms with Crippen LogP contribution in [-0.4, -0.2) is 33.8 Å². The fourth-order valence-corrected chi connectivity index (χ4v) is 3.48. The molecular weight excluding hydrogens is 341 g/mol. The molecule has 1 aliphatic carbocycles. The van der Waals surface area contributed by atoms with E-state index >= 15 is 0 Å². The zero-order valence-corrected chi connectivity index (χ0v) is 14.5. The lowest BCUT2D eigenvalue weighted by molar-refractivity contribution is -0.119. The van der Waals surface area contributed by atoms with Crippen LogP contribution in [0.4, 0.5) is 4.39 Å². The maximum atomic E-state index is 12.9. The first-order chi connectivity index (χ1) is 12.2. The molecule has 0 unspecified atom stereocenters. The molecule has 25 heavy (non-hydrogen) atoms. The SMILES string of the molecule is O=C(CSc1ccc(F)cc1)NC1CCC(Oc2ncccn2)CC1. The highest BCUT2D eigenvalue weighted by molar-refractivity contribution is 8.00. The van der Waals surface area contributed by atoms with Crippen molar-refractivity contribution in [3.05, 3.63) is 48.5 Å². The lowest BCUT2D eigenvalue weighted by Crippen LogP contribution is -2.40. The summed E-state index contributed by atoms with van der Waals surface area (Å²) in [4.78, 5) is 21.1. The summed E-state index contributed by atoms with van der Waals surface area (Å²) in [5.74, 6) is 0.0682. The van der Waals surface area contributed by atoms with Crippen LogP contribution < -0.4 is 10.1 Å². The van der Waals surface area contributed by atoms with E-state index in [1.165, 1.54) is 23.9 Å². The van der Waals surface area contributed by atoms with Crippen molar-refractivity contribution in [3.8, 4) is 6.01 Å². The first kappa shape index (κ1) is 17.7. The lowest BCUT2D eigenvalue weighted by atomic mass is 9.93. The van der Waals surface area contributed by atoms with Crippen molar-refractivity contribution in [3.63, 3.8) is 0 Å². The smallest absolute Gasteiger partial charge is 0.316 e. The van der Waals surface area contributed by atoms with E-state index in [0.29, 0.717) is 11.8 Å². The minimum absolute atomic E-state index is 0.00471. The summed E-state index contributed by atoms with van der Waals surface area (Å²) in [5.41, 5.74) is 0. The monoisotopic (exact) mass is 361 g/mol. The Kier molecular flexibility index (Phi) is 6.22. The lowest BCUT2D eigenvalue weighted by Gasteiger charge is -2.28. The molecule has 0 radical (unpaired) electrons. The van der Waals surface area contributed by atoms with Crippen molar-refractivity contribution in [1.82, 2.24) is 15.3 Å². The number of amides is 1. The minimum atomic E-state index is -0.270. The van der Waals surface area contributed by atoms with Gasteiger partial charge in [-0.25, -0.2) is 14.4 Å². The Morgan fingerprint density at radius 3 is 2.52 bits per heavy atom. The summed E-state index contributed by atoms with van der Waals surface area (Å²) in [6.07, 6.45) is 6.92. The summed E-state index contributed by atoms with van der Waals surface area (Å²) in [5, 5.41) is 3.06. The van der Waals surface area contributed by atoms with Gasteiger partial charge in [-0.1, -0.05) is 0 Å². The molecule has 0 atom stereocenters. The highest BCUT2D eigenvalue weighted by atomic mass is 32.2. The number of thioether (sulfide) groups is 1. The van der Waals surface area contributed by atoms with Gasteiger partial charge in [-0.05, 0) is 56.0 Å². The molecule has 2 aromatic rings. The Morgan fingerprint density at radius 1 is 1.16 bits per heavy atom. The number of halogens is 1. The van der Waals surface area contributed by atoms with E-state index in [-0.39, 0.29) is 23.9 Å². The van der Waals surface area contributed by atoms with E-state index in [4.69, 9.17) is 4.74 Å². The van der Waals surface area contributed by atoms with Gasteiger partial charge >= 0.3 is 6.01 Å². The van der Waals surface area contributed by atoms with E-state index in [2.05, 4.69) is 15.3 Å². The van der Waals surface area contributed by atoms with Crippen LogP contribution in [0.1, 0.15) is 25.7 Å². The second-order valence-electron chi connectivity index (χ2n) is 5.93. The van der Waals surface area contributed by atoms with Crippen LogP contribution in [0.2, 0.25) is 0 Å². The van der Waals surface area contributed by atoms with E-state index < -0.39 is 0 Å². The van der Waals surface area contributed by atoms with Crippen LogP contribution in [-0.2, 0) is 4.79 Å². The average Bonchev–Trinajstić information content (AvgIpc) is 2.64. The predicted octanol–water partition coefficient (Wildman–Crippen LogP) is 3.21. The molecule has 0 spiro atoms.